The van der Waals surface area contributed by atoms with Crippen LogP contribution >= 0.6 is 0 Å². The molecule has 0 unspecified atom stereocenters. The van der Waals surface area contributed by atoms with E-state index in [1.165, 1.54) is 18.4 Å². The predicted octanol–water partition coefficient (Wildman–Crippen LogP) is 3.39. The second-order valence-electron chi connectivity index (χ2n) is 2.21. The van der Waals surface area contributed by atoms with Gasteiger partial charge in [-0.2, -0.15) is 0 Å². The fraction of sp³-hybridized carbons (Fsp3) is 0.750. The summed E-state index contributed by atoms with van der Waals surface area (Å²) in [5.41, 5.74) is 1.17. The molecule has 0 saturated carbocycles. The third-order valence-corrected chi connectivity index (χ3v) is 0.500. The van der Waals surface area contributed by atoms with E-state index in [1.54, 1.807) is 0 Å². The highest BCUT2D eigenvalue weighted by Gasteiger charge is 1.56. The Balaban J connectivity index is 0. The summed E-state index contributed by atoms with van der Waals surface area (Å²) in [5, 5.41) is 0. The van der Waals surface area contributed by atoms with Crippen molar-refractivity contribution in [1.82, 2.24) is 0 Å². The summed E-state index contributed by atoms with van der Waals surface area (Å²) in [6.07, 6.45) is 2.64. The molecule has 0 heterocycles. The third kappa shape index (κ3) is 236. The molecule has 0 atom stereocenters. The van der Waals surface area contributed by atoms with E-state index in [1.807, 2.05) is 13.8 Å². The SMILES string of the molecule is C=C(C)C.CCCC. The van der Waals surface area contributed by atoms with E-state index in [0.29, 0.717) is 0 Å². The molecule has 0 amide bonds. The van der Waals surface area contributed by atoms with Crippen LogP contribution in [0.4, 0.5) is 0 Å². The molecule has 0 rings (SSSR count). The number of hydrogen-bond donors (Lipinski definition) is 0. The Hall–Kier alpha value is -0.260. The average molecular weight is 114 g/mol. The normalized spacial score (nSPS) is 7.00. The van der Waals surface area contributed by atoms with Gasteiger partial charge in [-0.05, 0) is 13.8 Å². The molecule has 0 bridgehead atoms. The number of rotatable bonds is 1. The van der Waals surface area contributed by atoms with Crippen LogP contribution in [-0.2, 0) is 0 Å². The average Bonchev–Trinajstić information content (AvgIpc) is 1.65. The molecule has 0 saturated heterocycles. The van der Waals surface area contributed by atoms with Crippen LogP contribution in [0.1, 0.15) is 40.5 Å². The molecule has 0 aliphatic carbocycles. The third-order valence-electron chi connectivity index (χ3n) is 0.500. The minimum absolute atomic E-state index is 1.17. The standard InChI is InChI=1S/C4H8.C4H10/c1-4(2)3;1-3-4-2/h1H2,2-3H3;3-4H2,1-2H3. The lowest BCUT2D eigenvalue weighted by Crippen LogP contribution is -1.47. The van der Waals surface area contributed by atoms with Gasteiger partial charge in [0, 0.05) is 0 Å². The van der Waals surface area contributed by atoms with Gasteiger partial charge in [0.15, 0.2) is 0 Å². The van der Waals surface area contributed by atoms with Gasteiger partial charge < -0.3 is 0 Å². The van der Waals surface area contributed by atoms with Crippen molar-refractivity contribution in [3.8, 4) is 0 Å². The second-order valence-corrected chi connectivity index (χ2v) is 2.21. The monoisotopic (exact) mass is 114 g/mol. The van der Waals surface area contributed by atoms with Crippen molar-refractivity contribution in [3.05, 3.63) is 12.2 Å². The van der Waals surface area contributed by atoms with Crippen molar-refractivity contribution in [2.45, 2.75) is 40.5 Å². The molecule has 0 aromatic heterocycles. The van der Waals surface area contributed by atoms with E-state index in [4.69, 9.17) is 0 Å². The minimum atomic E-state index is 1.17. The van der Waals surface area contributed by atoms with Crippen molar-refractivity contribution < 1.29 is 0 Å². The minimum Gasteiger partial charge on any atom is -0.100 e. The Morgan fingerprint density at radius 1 is 1.12 bits per heavy atom. The van der Waals surface area contributed by atoms with E-state index in [2.05, 4.69) is 20.4 Å². The Bertz CT molecular complexity index is 38.0. The van der Waals surface area contributed by atoms with Gasteiger partial charge in [-0.15, -0.1) is 6.58 Å². The molecular weight excluding hydrogens is 96.1 g/mol. The summed E-state index contributed by atoms with van der Waals surface area (Å²) in [7, 11) is 0. The lowest BCUT2D eigenvalue weighted by Gasteiger charge is -1.68. The van der Waals surface area contributed by atoms with E-state index in [0.717, 1.165) is 0 Å². The van der Waals surface area contributed by atoms with E-state index < -0.39 is 0 Å². The quantitative estimate of drug-likeness (QED) is 0.458. The van der Waals surface area contributed by atoms with Crippen molar-refractivity contribution in [2.24, 2.45) is 0 Å². The molecule has 0 spiro atoms. The van der Waals surface area contributed by atoms with Crippen molar-refractivity contribution in [3.63, 3.8) is 0 Å². The Labute approximate surface area is 53.6 Å². The fourth-order valence-corrected chi connectivity index (χ4v) is 0. The predicted molar refractivity (Wildman–Crippen MR) is 41.1 cm³/mol. The van der Waals surface area contributed by atoms with Gasteiger partial charge in [0.05, 0.1) is 0 Å². The first-order valence-electron chi connectivity index (χ1n) is 3.27. The molecule has 0 nitrogen and oxygen atoms in total. The summed E-state index contributed by atoms with van der Waals surface area (Å²) in [6, 6.07) is 0. The van der Waals surface area contributed by atoms with E-state index in [-0.39, 0.29) is 0 Å². The van der Waals surface area contributed by atoms with Gasteiger partial charge in [-0.3, -0.25) is 0 Å². The first-order valence-corrected chi connectivity index (χ1v) is 3.27. The maximum Gasteiger partial charge on any atom is -0.0445 e. The topological polar surface area (TPSA) is 0 Å². The molecule has 0 aliphatic heterocycles. The maximum absolute atomic E-state index is 3.56. The highest BCUT2D eigenvalue weighted by atomic mass is 13.6. The molecule has 0 aromatic rings. The molecule has 0 radical (unpaired) electrons. The molecule has 0 N–H and O–H groups in total. The maximum atomic E-state index is 3.56. The summed E-state index contributed by atoms with van der Waals surface area (Å²) in [4.78, 5) is 0. The van der Waals surface area contributed by atoms with Gasteiger partial charge in [0.25, 0.3) is 0 Å². The molecule has 0 aliphatic rings. The Morgan fingerprint density at radius 2 is 1.25 bits per heavy atom. The molecule has 50 valence electrons. The summed E-state index contributed by atoms with van der Waals surface area (Å²) < 4.78 is 0. The van der Waals surface area contributed by atoms with Crippen molar-refractivity contribution >= 4 is 0 Å². The molecule has 0 fully saturated rings. The zero-order valence-electron chi connectivity index (χ0n) is 6.62. The molecule has 0 aromatic carbocycles. The van der Waals surface area contributed by atoms with Crippen LogP contribution in [0, 0.1) is 0 Å². The van der Waals surface area contributed by atoms with Crippen molar-refractivity contribution in [1.29, 1.82) is 0 Å². The van der Waals surface area contributed by atoms with Gasteiger partial charge in [-0.1, -0.05) is 32.3 Å². The van der Waals surface area contributed by atoms with Crippen molar-refractivity contribution in [2.75, 3.05) is 0 Å². The second kappa shape index (κ2) is 9.88. The Kier molecular flexibility index (Phi) is 13.2. The number of unbranched alkanes of at least 4 members (excludes halogenated alkanes) is 1. The zero-order chi connectivity index (χ0) is 6.99. The van der Waals surface area contributed by atoms with Gasteiger partial charge >= 0.3 is 0 Å². The van der Waals surface area contributed by atoms with Crippen LogP contribution in [0.5, 0.6) is 0 Å². The molecule has 8 heavy (non-hydrogen) atoms. The van der Waals surface area contributed by atoms with Gasteiger partial charge in [0.2, 0.25) is 0 Å². The highest BCUT2D eigenvalue weighted by molar-refractivity contribution is 4.78. The van der Waals surface area contributed by atoms with E-state index in [9.17, 15) is 0 Å². The van der Waals surface area contributed by atoms with Crippen LogP contribution in [0.2, 0.25) is 0 Å². The summed E-state index contributed by atoms with van der Waals surface area (Å²) >= 11 is 0. The largest absolute Gasteiger partial charge is 0.100 e. The molecular formula is C8H18. The van der Waals surface area contributed by atoms with Crippen LogP contribution < -0.4 is 0 Å². The lowest BCUT2D eigenvalue weighted by molar-refractivity contribution is 0.886. The summed E-state index contributed by atoms with van der Waals surface area (Å²) in [5.74, 6) is 0. The van der Waals surface area contributed by atoms with E-state index >= 15 is 0 Å². The van der Waals surface area contributed by atoms with Crippen LogP contribution in [0.3, 0.4) is 0 Å². The van der Waals surface area contributed by atoms with Crippen LogP contribution in [0.15, 0.2) is 12.2 Å². The number of hydrogen-bond acceptors (Lipinski definition) is 0. The molecule has 0 heteroatoms. The summed E-state index contributed by atoms with van der Waals surface area (Å²) in [6.45, 7) is 11.9. The van der Waals surface area contributed by atoms with Crippen LogP contribution in [0.25, 0.3) is 0 Å². The van der Waals surface area contributed by atoms with Crippen LogP contribution in [-0.4, -0.2) is 0 Å². The smallest absolute Gasteiger partial charge is 0.0445 e. The lowest BCUT2D eigenvalue weighted by atomic mass is 10.4. The first-order chi connectivity index (χ1) is 3.65. The zero-order valence-corrected chi connectivity index (χ0v) is 6.62. The number of allylic oxidation sites excluding steroid dienone is 1. The Morgan fingerprint density at radius 3 is 1.25 bits per heavy atom. The fourth-order valence-electron chi connectivity index (χ4n) is 0. The first kappa shape index (κ1) is 10.7. The van der Waals surface area contributed by atoms with Gasteiger partial charge in [-0.25, -0.2) is 0 Å². The highest BCUT2D eigenvalue weighted by Crippen LogP contribution is 1.76. The van der Waals surface area contributed by atoms with Gasteiger partial charge in [0.1, 0.15) is 0 Å².